The van der Waals surface area contributed by atoms with Gasteiger partial charge in [-0.1, -0.05) is 15.9 Å². The van der Waals surface area contributed by atoms with Crippen LogP contribution in [0, 0.1) is 5.92 Å². The third-order valence-electron chi connectivity index (χ3n) is 5.21. The molecule has 3 rings (SSSR count). The van der Waals surface area contributed by atoms with Crippen LogP contribution in [0.3, 0.4) is 0 Å². The summed E-state index contributed by atoms with van der Waals surface area (Å²) >= 11 is 3.41. The van der Waals surface area contributed by atoms with E-state index in [1.54, 1.807) is 0 Å². The fourth-order valence-electron chi connectivity index (χ4n) is 3.98. The molecule has 2 aliphatic heterocycles. The van der Waals surface area contributed by atoms with Crippen LogP contribution >= 0.6 is 28.3 Å². The van der Waals surface area contributed by atoms with Crippen LogP contribution in [-0.4, -0.2) is 42.6 Å². The number of ether oxygens (including phenoxy) is 1. The van der Waals surface area contributed by atoms with E-state index >= 15 is 0 Å². The summed E-state index contributed by atoms with van der Waals surface area (Å²) in [4.78, 5) is 14.5. The standard InChI is InChI=1S/C19H27BrN2O2.ClH/c1-2-22(9-10-24-18-7-3-15(20)4-8-18)19(23)13-14-11-16-5-6-17(12-14)21-16;/h3-4,7-8,14,16-17,21H,2,5-6,9-13H2,1H3;1H. The number of hydrogen-bond acceptors (Lipinski definition) is 3. The molecule has 0 radical (unpaired) electrons. The average Bonchev–Trinajstić information content (AvgIpc) is 2.92. The van der Waals surface area contributed by atoms with Gasteiger partial charge in [0.2, 0.25) is 5.91 Å². The Morgan fingerprint density at radius 2 is 1.88 bits per heavy atom. The number of halogens is 2. The minimum atomic E-state index is 0. The Hall–Kier alpha value is -0.780. The lowest BCUT2D eigenvalue weighted by Gasteiger charge is -2.30. The van der Waals surface area contributed by atoms with Crippen molar-refractivity contribution in [1.29, 1.82) is 0 Å². The van der Waals surface area contributed by atoms with E-state index < -0.39 is 0 Å². The molecule has 4 nitrogen and oxygen atoms in total. The lowest BCUT2D eigenvalue weighted by molar-refractivity contribution is -0.132. The van der Waals surface area contributed by atoms with E-state index in [2.05, 4.69) is 21.2 Å². The molecule has 2 unspecified atom stereocenters. The first-order valence-corrected chi connectivity index (χ1v) is 9.85. The zero-order valence-electron chi connectivity index (χ0n) is 14.7. The number of nitrogens with zero attached hydrogens (tertiary/aromatic N) is 1. The summed E-state index contributed by atoms with van der Waals surface area (Å²) < 4.78 is 6.79. The summed E-state index contributed by atoms with van der Waals surface area (Å²) in [5.74, 6) is 1.68. The normalized spacial score (nSPS) is 24.5. The van der Waals surface area contributed by atoms with Gasteiger partial charge < -0.3 is 15.0 Å². The quantitative estimate of drug-likeness (QED) is 0.709. The van der Waals surface area contributed by atoms with Crippen molar-refractivity contribution < 1.29 is 9.53 Å². The first kappa shape index (κ1) is 20.5. The summed E-state index contributed by atoms with van der Waals surface area (Å²) in [6, 6.07) is 9.10. The molecule has 0 aliphatic carbocycles. The molecule has 2 aliphatic rings. The van der Waals surface area contributed by atoms with Crippen molar-refractivity contribution in [3.63, 3.8) is 0 Å². The van der Waals surface area contributed by atoms with Crippen molar-refractivity contribution in [1.82, 2.24) is 10.2 Å². The molecule has 1 N–H and O–H groups in total. The third kappa shape index (κ3) is 5.87. The number of carbonyl (C=O) groups excluding carboxylic acids is 1. The Bertz CT molecular complexity index is 543. The predicted molar refractivity (Wildman–Crippen MR) is 106 cm³/mol. The number of fused-ring (bicyclic) bond motifs is 2. The SMILES string of the molecule is CCN(CCOc1ccc(Br)cc1)C(=O)CC1CC2CCC(C1)N2.Cl. The smallest absolute Gasteiger partial charge is 0.222 e. The molecule has 0 saturated carbocycles. The number of hydrogen-bond donors (Lipinski definition) is 1. The van der Waals surface area contributed by atoms with Gasteiger partial charge in [0.1, 0.15) is 12.4 Å². The molecular formula is C19H28BrClN2O2. The van der Waals surface area contributed by atoms with E-state index in [9.17, 15) is 4.79 Å². The molecular weight excluding hydrogens is 404 g/mol. The van der Waals surface area contributed by atoms with Crippen molar-refractivity contribution >= 4 is 34.2 Å². The summed E-state index contributed by atoms with van der Waals surface area (Å²) in [7, 11) is 0. The average molecular weight is 432 g/mol. The maximum absolute atomic E-state index is 12.6. The molecule has 25 heavy (non-hydrogen) atoms. The van der Waals surface area contributed by atoms with Gasteiger partial charge in [-0.15, -0.1) is 12.4 Å². The lowest BCUT2D eigenvalue weighted by Crippen LogP contribution is -2.41. The Morgan fingerprint density at radius 3 is 2.48 bits per heavy atom. The van der Waals surface area contributed by atoms with Gasteiger partial charge in [0.05, 0.1) is 6.54 Å². The van der Waals surface area contributed by atoms with Crippen molar-refractivity contribution in [2.45, 2.75) is 51.1 Å². The van der Waals surface area contributed by atoms with Gasteiger partial charge in [-0.05, 0) is 62.8 Å². The molecule has 2 heterocycles. The molecule has 2 fully saturated rings. The third-order valence-corrected chi connectivity index (χ3v) is 5.74. The highest BCUT2D eigenvalue weighted by molar-refractivity contribution is 9.10. The summed E-state index contributed by atoms with van der Waals surface area (Å²) in [6.07, 6.45) is 5.59. The number of amides is 1. The molecule has 0 spiro atoms. The summed E-state index contributed by atoms with van der Waals surface area (Å²) in [5, 5.41) is 3.64. The van der Waals surface area contributed by atoms with E-state index in [1.165, 1.54) is 12.8 Å². The highest BCUT2D eigenvalue weighted by Crippen LogP contribution is 2.32. The molecule has 2 bridgehead atoms. The number of carbonyl (C=O) groups is 1. The van der Waals surface area contributed by atoms with Gasteiger partial charge in [0.15, 0.2) is 0 Å². The Kier molecular flexibility index (Phi) is 8.04. The molecule has 2 atom stereocenters. The predicted octanol–water partition coefficient (Wildman–Crippen LogP) is 4.02. The van der Waals surface area contributed by atoms with Crippen molar-refractivity contribution in [3.05, 3.63) is 28.7 Å². The maximum Gasteiger partial charge on any atom is 0.222 e. The monoisotopic (exact) mass is 430 g/mol. The van der Waals surface area contributed by atoms with Crippen LogP contribution < -0.4 is 10.1 Å². The highest BCUT2D eigenvalue weighted by Gasteiger charge is 2.34. The van der Waals surface area contributed by atoms with Crippen LogP contribution in [-0.2, 0) is 4.79 Å². The molecule has 2 saturated heterocycles. The van der Waals surface area contributed by atoms with Gasteiger partial charge in [-0.3, -0.25) is 4.79 Å². The fraction of sp³-hybridized carbons (Fsp3) is 0.632. The summed E-state index contributed by atoms with van der Waals surface area (Å²) in [6.45, 7) is 3.99. The van der Waals surface area contributed by atoms with Gasteiger partial charge in [-0.2, -0.15) is 0 Å². The van der Waals surface area contributed by atoms with Crippen molar-refractivity contribution in [3.8, 4) is 5.75 Å². The number of likely N-dealkylation sites (N-methyl/N-ethyl adjacent to an activating group) is 1. The zero-order chi connectivity index (χ0) is 16.9. The van der Waals surface area contributed by atoms with E-state index in [4.69, 9.17) is 4.74 Å². The second-order valence-electron chi connectivity index (χ2n) is 6.96. The Balaban J connectivity index is 0.00000225. The Morgan fingerprint density at radius 1 is 1.24 bits per heavy atom. The van der Waals surface area contributed by atoms with Crippen molar-refractivity contribution in [2.75, 3.05) is 19.7 Å². The minimum absolute atomic E-state index is 0. The second-order valence-corrected chi connectivity index (χ2v) is 7.87. The second kappa shape index (κ2) is 9.79. The van der Waals surface area contributed by atoms with Crippen LogP contribution in [0.15, 0.2) is 28.7 Å². The largest absolute Gasteiger partial charge is 0.492 e. The number of nitrogens with one attached hydrogen (secondary N) is 1. The van der Waals surface area contributed by atoms with Gasteiger partial charge in [0.25, 0.3) is 0 Å². The molecule has 1 aromatic carbocycles. The molecule has 140 valence electrons. The number of benzene rings is 1. The van der Waals surface area contributed by atoms with E-state index in [0.29, 0.717) is 37.6 Å². The lowest BCUT2D eigenvalue weighted by atomic mass is 9.89. The fourth-order valence-corrected chi connectivity index (χ4v) is 4.25. The Labute approximate surface area is 165 Å². The van der Waals surface area contributed by atoms with E-state index in [1.807, 2.05) is 36.1 Å². The topological polar surface area (TPSA) is 41.6 Å². The summed E-state index contributed by atoms with van der Waals surface area (Å²) in [5.41, 5.74) is 0. The number of piperidine rings is 1. The molecule has 1 amide bonds. The van der Waals surface area contributed by atoms with Crippen molar-refractivity contribution in [2.24, 2.45) is 5.92 Å². The maximum atomic E-state index is 12.6. The first-order chi connectivity index (χ1) is 11.6. The minimum Gasteiger partial charge on any atom is -0.492 e. The van der Waals surface area contributed by atoms with Crippen LogP contribution in [0.2, 0.25) is 0 Å². The van der Waals surface area contributed by atoms with Gasteiger partial charge in [0, 0.05) is 29.5 Å². The van der Waals surface area contributed by atoms with E-state index in [-0.39, 0.29) is 18.3 Å². The van der Waals surface area contributed by atoms with Gasteiger partial charge in [-0.25, -0.2) is 0 Å². The first-order valence-electron chi connectivity index (χ1n) is 9.06. The van der Waals surface area contributed by atoms with Gasteiger partial charge >= 0.3 is 0 Å². The number of rotatable bonds is 7. The zero-order valence-corrected chi connectivity index (χ0v) is 17.2. The van der Waals surface area contributed by atoms with Crippen LogP contribution in [0.1, 0.15) is 39.0 Å². The van der Waals surface area contributed by atoms with Crippen LogP contribution in [0.25, 0.3) is 0 Å². The highest BCUT2D eigenvalue weighted by atomic mass is 79.9. The van der Waals surface area contributed by atoms with E-state index in [0.717, 1.165) is 29.6 Å². The van der Waals surface area contributed by atoms with Crippen LogP contribution in [0.4, 0.5) is 0 Å². The molecule has 0 aromatic heterocycles. The van der Waals surface area contributed by atoms with Crippen LogP contribution in [0.5, 0.6) is 5.75 Å². The molecule has 1 aromatic rings. The molecule has 6 heteroatoms.